The summed E-state index contributed by atoms with van der Waals surface area (Å²) in [6, 6.07) is 9.02. The SMILES string of the molecule is Cc1ccc(NC(=O)c2ccncc2)c(C(C)(C)O)c1CCc1cc(Nc2cnccn2)n[nH]1. The van der Waals surface area contributed by atoms with E-state index >= 15 is 0 Å². The molecule has 174 valence electrons. The summed E-state index contributed by atoms with van der Waals surface area (Å²) in [5.74, 6) is 1.00. The van der Waals surface area contributed by atoms with Crippen LogP contribution in [0, 0.1) is 6.92 Å². The van der Waals surface area contributed by atoms with Crippen LogP contribution in [-0.2, 0) is 18.4 Å². The second kappa shape index (κ2) is 9.80. The lowest BCUT2D eigenvalue weighted by Crippen LogP contribution is -2.24. The quantitative estimate of drug-likeness (QED) is 0.316. The Morgan fingerprint density at radius 1 is 1.03 bits per heavy atom. The number of aromatic amines is 1. The Morgan fingerprint density at radius 3 is 2.53 bits per heavy atom. The number of pyridine rings is 1. The largest absolute Gasteiger partial charge is 0.386 e. The number of H-pyrrole nitrogens is 1. The van der Waals surface area contributed by atoms with E-state index in [1.54, 1.807) is 57.0 Å². The second-order valence-corrected chi connectivity index (χ2v) is 8.53. The molecule has 4 N–H and O–H groups in total. The van der Waals surface area contributed by atoms with Gasteiger partial charge in [-0.1, -0.05) is 6.07 Å². The lowest BCUT2D eigenvalue weighted by Gasteiger charge is -2.27. The zero-order chi connectivity index (χ0) is 24.1. The van der Waals surface area contributed by atoms with E-state index in [4.69, 9.17) is 0 Å². The van der Waals surface area contributed by atoms with Crippen LogP contribution in [-0.4, -0.2) is 36.2 Å². The third-order valence-corrected chi connectivity index (χ3v) is 5.44. The van der Waals surface area contributed by atoms with Crippen LogP contribution in [0.4, 0.5) is 17.3 Å². The minimum absolute atomic E-state index is 0.254. The Bertz CT molecular complexity index is 1270. The highest BCUT2D eigenvalue weighted by molar-refractivity contribution is 6.04. The predicted molar refractivity (Wildman–Crippen MR) is 130 cm³/mol. The zero-order valence-electron chi connectivity index (χ0n) is 19.3. The van der Waals surface area contributed by atoms with Crippen molar-refractivity contribution in [1.82, 2.24) is 25.1 Å². The van der Waals surface area contributed by atoms with Gasteiger partial charge in [0.05, 0.1) is 11.8 Å². The van der Waals surface area contributed by atoms with Crippen molar-refractivity contribution in [1.29, 1.82) is 0 Å². The Kier molecular flexibility index (Phi) is 6.65. The molecule has 3 aromatic heterocycles. The molecule has 9 nitrogen and oxygen atoms in total. The number of carbonyl (C=O) groups excluding carboxylic acids is 1. The zero-order valence-corrected chi connectivity index (χ0v) is 19.3. The van der Waals surface area contributed by atoms with Gasteiger partial charge in [-0.15, -0.1) is 0 Å². The van der Waals surface area contributed by atoms with Crippen molar-refractivity contribution >= 4 is 23.2 Å². The van der Waals surface area contributed by atoms with Crippen molar-refractivity contribution in [2.24, 2.45) is 0 Å². The fraction of sp³-hybridized carbons (Fsp3) is 0.240. The summed E-state index contributed by atoms with van der Waals surface area (Å²) >= 11 is 0. The monoisotopic (exact) mass is 457 g/mol. The van der Waals surface area contributed by atoms with Crippen LogP contribution in [0.5, 0.6) is 0 Å². The minimum Gasteiger partial charge on any atom is -0.386 e. The number of rotatable bonds is 8. The van der Waals surface area contributed by atoms with Gasteiger partial charge in [0.2, 0.25) is 0 Å². The fourth-order valence-corrected chi connectivity index (χ4v) is 3.88. The topological polar surface area (TPSA) is 129 Å². The molecule has 4 rings (SSSR count). The van der Waals surface area contributed by atoms with Gasteiger partial charge in [-0.3, -0.25) is 19.9 Å². The number of aliphatic hydroxyl groups is 1. The van der Waals surface area contributed by atoms with Crippen molar-refractivity contribution in [2.75, 3.05) is 10.6 Å². The maximum atomic E-state index is 12.8. The van der Waals surface area contributed by atoms with E-state index in [-0.39, 0.29) is 5.91 Å². The molecule has 1 amide bonds. The number of carbonyl (C=O) groups is 1. The lowest BCUT2D eigenvalue weighted by molar-refractivity contribution is 0.0782. The molecule has 0 atom stereocenters. The van der Waals surface area contributed by atoms with Gasteiger partial charge in [0.1, 0.15) is 5.82 Å². The van der Waals surface area contributed by atoms with Gasteiger partial charge in [-0.2, -0.15) is 5.10 Å². The fourth-order valence-electron chi connectivity index (χ4n) is 3.88. The first-order chi connectivity index (χ1) is 16.3. The van der Waals surface area contributed by atoms with Gasteiger partial charge in [0.15, 0.2) is 5.82 Å². The second-order valence-electron chi connectivity index (χ2n) is 8.53. The van der Waals surface area contributed by atoms with Crippen molar-refractivity contribution in [3.05, 3.63) is 89.3 Å². The molecule has 34 heavy (non-hydrogen) atoms. The third kappa shape index (κ3) is 5.44. The Morgan fingerprint density at radius 2 is 1.82 bits per heavy atom. The number of amides is 1. The molecular weight excluding hydrogens is 430 g/mol. The maximum absolute atomic E-state index is 12.8. The van der Waals surface area contributed by atoms with Crippen LogP contribution < -0.4 is 10.6 Å². The minimum atomic E-state index is -1.16. The van der Waals surface area contributed by atoms with E-state index < -0.39 is 5.60 Å². The molecular formula is C25H27N7O2. The summed E-state index contributed by atoms with van der Waals surface area (Å²) in [6.45, 7) is 5.46. The molecule has 0 unspecified atom stereocenters. The number of aromatic nitrogens is 5. The van der Waals surface area contributed by atoms with Crippen LogP contribution in [0.3, 0.4) is 0 Å². The molecule has 4 aromatic rings. The van der Waals surface area contributed by atoms with E-state index in [0.29, 0.717) is 41.3 Å². The molecule has 0 aliphatic heterocycles. The summed E-state index contributed by atoms with van der Waals surface area (Å²) in [6.07, 6.45) is 9.31. The highest BCUT2D eigenvalue weighted by Crippen LogP contribution is 2.34. The van der Waals surface area contributed by atoms with Crippen molar-refractivity contribution in [3.63, 3.8) is 0 Å². The lowest BCUT2D eigenvalue weighted by atomic mass is 9.86. The number of nitrogens with zero attached hydrogens (tertiary/aromatic N) is 4. The van der Waals surface area contributed by atoms with Gasteiger partial charge in [0, 0.05) is 53.4 Å². The van der Waals surface area contributed by atoms with Gasteiger partial charge in [-0.25, -0.2) is 4.98 Å². The molecule has 9 heteroatoms. The first kappa shape index (κ1) is 23.1. The summed E-state index contributed by atoms with van der Waals surface area (Å²) < 4.78 is 0. The third-order valence-electron chi connectivity index (χ3n) is 5.44. The molecule has 0 fully saturated rings. The number of hydrogen-bond acceptors (Lipinski definition) is 7. The first-order valence-electron chi connectivity index (χ1n) is 11.0. The Hall–Kier alpha value is -4.11. The average Bonchev–Trinajstić information content (AvgIpc) is 3.26. The summed E-state index contributed by atoms with van der Waals surface area (Å²) in [5, 5.41) is 24.4. The Labute approximate surface area is 197 Å². The normalized spacial score (nSPS) is 11.3. The summed E-state index contributed by atoms with van der Waals surface area (Å²) in [5.41, 5.74) is 3.58. The molecule has 0 saturated carbocycles. The average molecular weight is 458 g/mol. The van der Waals surface area contributed by atoms with Gasteiger partial charge >= 0.3 is 0 Å². The molecule has 0 aliphatic rings. The van der Waals surface area contributed by atoms with Gasteiger partial charge in [0.25, 0.3) is 5.91 Å². The van der Waals surface area contributed by atoms with E-state index in [0.717, 1.165) is 16.8 Å². The van der Waals surface area contributed by atoms with Crippen molar-refractivity contribution in [3.8, 4) is 0 Å². The molecule has 0 aliphatic carbocycles. The number of benzene rings is 1. The standard InChI is InChI=1S/C25H27N7O2/c1-16-4-7-20(29-24(33)17-8-10-26-11-9-17)23(25(2,3)34)19(16)6-5-18-14-21(32-31-18)30-22-15-27-12-13-28-22/h4,7-15,34H,5-6H2,1-3H3,(H,29,33)(H2,28,30,31,32). The van der Waals surface area contributed by atoms with Gasteiger partial charge < -0.3 is 15.7 Å². The van der Waals surface area contributed by atoms with E-state index in [1.807, 2.05) is 25.1 Å². The number of anilines is 3. The maximum Gasteiger partial charge on any atom is 0.255 e. The van der Waals surface area contributed by atoms with E-state index in [2.05, 4.69) is 35.8 Å². The smallest absolute Gasteiger partial charge is 0.255 e. The van der Waals surface area contributed by atoms with Crippen molar-refractivity contribution in [2.45, 2.75) is 39.2 Å². The highest BCUT2D eigenvalue weighted by Gasteiger charge is 2.26. The number of aryl methyl sites for hydroxylation is 2. The van der Waals surface area contributed by atoms with Crippen LogP contribution in [0.15, 0.2) is 61.3 Å². The molecule has 0 saturated heterocycles. The molecule has 0 spiro atoms. The molecule has 0 radical (unpaired) electrons. The predicted octanol–water partition coefficient (Wildman–Crippen LogP) is 3.91. The number of nitrogens with one attached hydrogen (secondary N) is 3. The molecule has 0 bridgehead atoms. The molecule has 3 heterocycles. The molecule has 1 aromatic carbocycles. The van der Waals surface area contributed by atoms with Gasteiger partial charge in [-0.05, 0) is 62.9 Å². The van der Waals surface area contributed by atoms with Crippen LogP contribution in [0.25, 0.3) is 0 Å². The number of hydrogen-bond donors (Lipinski definition) is 4. The Balaban J connectivity index is 1.55. The first-order valence-corrected chi connectivity index (χ1v) is 11.0. The van der Waals surface area contributed by atoms with E-state index in [9.17, 15) is 9.90 Å². The van der Waals surface area contributed by atoms with E-state index in [1.165, 1.54) is 0 Å². The highest BCUT2D eigenvalue weighted by atomic mass is 16.3. The summed E-state index contributed by atoms with van der Waals surface area (Å²) in [4.78, 5) is 25.0. The van der Waals surface area contributed by atoms with Crippen molar-refractivity contribution < 1.29 is 9.90 Å². The van der Waals surface area contributed by atoms with Crippen LogP contribution in [0.2, 0.25) is 0 Å². The summed E-state index contributed by atoms with van der Waals surface area (Å²) in [7, 11) is 0. The van der Waals surface area contributed by atoms with Crippen LogP contribution >= 0.6 is 0 Å². The van der Waals surface area contributed by atoms with Crippen LogP contribution in [0.1, 0.15) is 46.6 Å².